The van der Waals surface area contributed by atoms with Gasteiger partial charge in [-0.05, 0) is 35.8 Å². The minimum Gasteiger partial charge on any atom is -0.314 e. The molecule has 1 aliphatic carbocycles. The lowest BCUT2D eigenvalue weighted by atomic mass is 9.80. The Balaban J connectivity index is 0.00000144. The molecule has 2 nitrogen and oxygen atoms in total. The maximum Gasteiger partial charge on any atom is 0.0377 e. The van der Waals surface area contributed by atoms with E-state index in [9.17, 15) is 0 Å². The molecule has 1 saturated heterocycles. The van der Waals surface area contributed by atoms with Gasteiger partial charge in [0.05, 0.1) is 0 Å². The number of nitrogens with zero attached hydrogens (tertiary/aromatic N) is 1. The van der Waals surface area contributed by atoms with Gasteiger partial charge in [-0.15, -0.1) is 24.8 Å². The predicted molar refractivity (Wildman–Crippen MR) is 109 cm³/mol. The van der Waals surface area contributed by atoms with Crippen LogP contribution in [0.1, 0.15) is 69.0 Å². The zero-order chi connectivity index (χ0) is 15.4. The summed E-state index contributed by atoms with van der Waals surface area (Å²) in [4.78, 5) is 2.75. The maximum absolute atomic E-state index is 3.51. The highest BCUT2D eigenvalue weighted by Gasteiger charge is 2.30. The summed E-state index contributed by atoms with van der Waals surface area (Å²) >= 11 is 0. The van der Waals surface area contributed by atoms with E-state index in [0.717, 1.165) is 19.0 Å². The van der Waals surface area contributed by atoms with E-state index in [-0.39, 0.29) is 24.8 Å². The molecular formula is C20H34Cl2N2. The molecule has 2 aliphatic rings. The number of hydrogen-bond donors (Lipinski definition) is 1. The second-order valence-corrected chi connectivity index (χ2v) is 7.45. The van der Waals surface area contributed by atoms with Gasteiger partial charge in [-0.25, -0.2) is 0 Å². The molecule has 1 N–H and O–H groups in total. The lowest BCUT2D eigenvalue weighted by Gasteiger charge is -2.41. The van der Waals surface area contributed by atoms with Gasteiger partial charge in [-0.3, -0.25) is 4.90 Å². The molecule has 138 valence electrons. The van der Waals surface area contributed by atoms with Crippen molar-refractivity contribution in [1.82, 2.24) is 10.2 Å². The van der Waals surface area contributed by atoms with Gasteiger partial charge in [0.1, 0.15) is 0 Å². The Hall–Kier alpha value is -0.280. The molecule has 0 radical (unpaired) electrons. The van der Waals surface area contributed by atoms with E-state index in [1.54, 1.807) is 5.56 Å². The quantitative estimate of drug-likeness (QED) is 0.782. The molecule has 1 aliphatic heterocycles. The molecule has 0 amide bonds. The zero-order valence-electron chi connectivity index (χ0n) is 15.2. The Kier molecular flexibility index (Phi) is 9.66. The Morgan fingerprint density at radius 3 is 1.96 bits per heavy atom. The highest BCUT2D eigenvalue weighted by Crippen LogP contribution is 2.38. The highest BCUT2D eigenvalue weighted by atomic mass is 35.5. The smallest absolute Gasteiger partial charge is 0.0377 e. The normalized spacial score (nSPS) is 21.0. The average molecular weight is 373 g/mol. The van der Waals surface area contributed by atoms with Crippen LogP contribution in [0, 0.1) is 5.92 Å². The number of hydrogen-bond acceptors (Lipinski definition) is 2. The molecule has 0 spiro atoms. The largest absolute Gasteiger partial charge is 0.314 e. The van der Waals surface area contributed by atoms with Gasteiger partial charge in [0, 0.05) is 32.2 Å². The minimum atomic E-state index is 0. The number of benzene rings is 1. The molecule has 0 bridgehead atoms. The fourth-order valence-corrected chi connectivity index (χ4v) is 4.27. The second-order valence-electron chi connectivity index (χ2n) is 7.45. The van der Waals surface area contributed by atoms with Crippen LogP contribution in [0.15, 0.2) is 24.3 Å². The van der Waals surface area contributed by atoms with Gasteiger partial charge < -0.3 is 5.32 Å². The molecule has 1 heterocycles. The van der Waals surface area contributed by atoms with Crippen LogP contribution < -0.4 is 5.32 Å². The summed E-state index contributed by atoms with van der Waals surface area (Å²) in [5.74, 6) is 1.48. The Morgan fingerprint density at radius 2 is 1.42 bits per heavy atom. The van der Waals surface area contributed by atoms with Crippen molar-refractivity contribution in [3.05, 3.63) is 35.4 Å². The molecule has 1 aromatic rings. The fourth-order valence-electron chi connectivity index (χ4n) is 4.27. The van der Waals surface area contributed by atoms with E-state index in [4.69, 9.17) is 0 Å². The van der Waals surface area contributed by atoms with Gasteiger partial charge in [0.15, 0.2) is 0 Å². The molecule has 2 fully saturated rings. The van der Waals surface area contributed by atoms with Crippen LogP contribution in [-0.4, -0.2) is 31.1 Å². The lowest BCUT2D eigenvalue weighted by Crippen LogP contribution is -2.47. The van der Waals surface area contributed by atoms with Crippen LogP contribution in [0.4, 0.5) is 0 Å². The van der Waals surface area contributed by atoms with Crippen molar-refractivity contribution in [3.63, 3.8) is 0 Å². The van der Waals surface area contributed by atoms with E-state index >= 15 is 0 Å². The van der Waals surface area contributed by atoms with Crippen LogP contribution in [0.25, 0.3) is 0 Å². The van der Waals surface area contributed by atoms with Gasteiger partial charge in [-0.1, -0.05) is 57.4 Å². The number of nitrogens with one attached hydrogen (secondary N) is 1. The van der Waals surface area contributed by atoms with Crippen molar-refractivity contribution < 1.29 is 0 Å². The SMILES string of the molecule is CC(C)c1ccc([C@H](C2CCCCC2)N2CCNCC2)cc1.Cl.Cl. The standard InChI is InChI=1S/C20H32N2.2ClH/c1-16(2)17-8-10-19(11-9-17)20(18-6-4-3-5-7-18)22-14-12-21-13-15-22;;/h8-11,16,18,20-21H,3-7,12-15H2,1-2H3;2*1H/t20-;;/m0../s1. The molecule has 3 rings (SSSR count). The third kappa shape index (κ3) is 5.36. The molecule has 4 heteroatoms. The zero-order valence-corrected chi connectivity index (χ0v) is 16.8. The van der Waals surface area contributed by atoms with Crippen LogP contribution in [-0.2, 0) is 0 Å². The van der Waals surface area contributed by atoms with Crippen LogP contribution in [0.3, 0.4) is 0 Å². The van der Waals surface area contributed by atoms with Crippen molar-refractivity contribution in [2.75, 3.05) is 26.2 Å². The maximum atomic E-state index is 3.51. The summed E-state index contributed by atoms with van der Waals surface area (Å²) in [6.45, 7) is 9.26. The summed E-state index contributed by atoms with van der Waals surface area (Å²) in [5, 5.41) is 3.51. The van der Waals surface area contributed by atoms with E-state index < -0.39 is 0 Å². The number of piperazine rings is 1. The third-order valence-electron chi connectivity index (χ3n) is 5.59. The van der Waals surface area contributed by atoms with Crippen molar-refractivity contribution in [2.24, 2.45) is 5.92 Å². The number of rotatable bonds is 4. The van der Waals surface area contributed by atoms with Gasteiger partial charge >= 0.3 is 0 Å². The Bertz CT molecular complexity index is 431. The first-order valence-corrected chi connectivity index (χ1v) is 9.30. The summed E-state index contributed by atoms with van der Waals surface area (Å²) < 4.78 is 0. The summed E-state index contributed by atoms with van der Waals surface area (Å²) in [5.41, 5.74) is 3.02. The first kappa shape index (κ1) is 21.8. The Labute approximate surface area is 160 Å². The van der Waals surface area contributed by atoms with Gasteiger partial charge in [0.25, 0.3) is 0 Å². The van der Waals surface area contributed by atoms with E-state index in [1.807, 2.05) is 0 Å². The molecular weight excluding hydrogens is 339 g/mol. The summed E-state index contributed by atoms with van der Waals surface area (Å²) in [6.07, 6.45) is 7.13. The van der Waals surface area contributed by atoms with E-state index in [0.29, 0.717) is 12.0 Å². The first-order valence-electron chi connectivity index (χ1n) is 9.30. The van der Waals surface area contributed by atoms with Crippen molar-refractivity contribution in [1.29, 1.82) is 0 Å². The van der Waals surface area contributed by atoms with E-state index in [2.05, 4.69) is 48.3 Å². The topological polar surface area (TPSA) is 15.3 Å². The monoisotopic (exact) mass is 372 g/mol. The molecule has 0 unspecified atom stereocenters. The molecule has 1 saturated carbocycles. The minimum absolute atomic E-state index is 0. The molecule has 1 atom stereocenters. The molecule has 1 aromatic carbocycles. The predicted octanol–water partition coefficient (Wildman–Crippen LogP) is 5.18. The second kappa shape index (κ2) is 10.7. The van der Waals surface area contributed by atoms with Crippen molar-refractivity contribution in [3.8, 4) is 0 Å². The van der Waals surface area contributed by atoms with E-state index in [1.165, 1.54) is 50.8 Å². The van der Waals surface area contributed by atoms with Crippen LogP contribution in [0.5, 0.6) is 0 Å². The van der Waals surface area contributed by atoms with Gasteiger partial charge in [-0.2, -0.15) is 0 Å². The van der Waals surface area contributed by atoms with Crippen LogP contribution >= 0.6 is 24.8 Å². The Morgan fingerprint density at radius 1 is 0.875 bits per heavy atom. The fraction of sp³-hybridized carbons (Fsp3) is 0.700. The highest BCUT2D eigenvalue weighted by molar-refractivity contribution is 5.85. The van der Waals surface area contributed by atoms with Crippen molar-refractivity contribution in [2.45, 2.75) is 57.9 Å². The van der Waals surface area contributed by atoms with Crippen molar-refractivity contribution >= 4 is 24.8 Å². The number of halogens is 2. The first-order chi connectivity index (χ1) is 10.8. The van der Waals surface area contributed by atoms with Gasteiger partial charge in [0.2, 0.25) is 0 Å². The van der Waals surface area contributed by atoms with Crippen LogP contribution in [0.2, 0.25) is 0 Å². The third-order valence-corrected chi connectivity index (χ3v) is 5.59. The average Bonchev–Trinajstić information content (AvgIpc) is 2.57. The summed E-state index contributed by atoms with van der Waals surface area (Å²) in [6, 6.07) is 10.2. The molecule has 0 aromatic heterocycles. The molecule has 24 heavy (non-hydrogen) atoms. The summed E-state index contributed by atoms with van der Waals surface area (Å²) in [7, 11) is 0. The lowest BCUT2D eigenvalue weighted by molar-refractivity contribution is 0.103.